The summed E-state index contributed by atoms with van der Waals surface area (Å²) in [6.45, 7) is 5.30. The Bertz CT molecular complexity index is 401. The van der Waals surface area contributed by atoms with Crippen LogP contribution in [0, 0.1) is 22.1 Å². The fourth-order valence-corrected chi connectivity index (χ4v) is 3.08. The van der Waals surface area contributed by atoms with Crippen molar-refractivity contribution in [3.63, 3.8) is 0 Å². The Balaban J connectivity index is 2.14. The van der Waals surface area contributed by atoms with Crippen LogP contribution in [0.2, 0.25) is 0 Å². The lowest BCUT2D eigenvalue weighted by atomic mass is 9.81. The molecule has 2 atom stereocenters. The summed E-state index contributed by atoms with van der Waals surface area (Å²) in [5.74, 6) is 2.30. The Kier molecular flexibility index (Phi) is 3.17. The first kappa shape index (κ1) is 11.8. The number of rotatable bonds is 3. The number of nitrogens with zero attached hydrogens (tertiary/aromatic N) is 1. The first-order valence-corrected chi connectivity index (χ1v) is 6.20. The topological polar surface area (TPSA) is 67.8 Å². The molecule has 5 heteroatoms. The summed E-state index contributed by atoms with van der Waals surface area (Å²) < 4.78 is 4.89. The van der Waals surface area contributed by atoms with Gasteiger partial charge in [-0.3, -0.25) is 4.98 Å². The highest BCUT2D eigenvalue weighted by molar-refractivity contribution is 7.71. The van der Waals surface area contributed by atoms with Gasteiger partial charge >= 0.3 is 0 Å². The second kappa shape index (κ2) is 4.30. The van der Waals surface area contributed by atoms with Crippen LogP contribution in [0.25, 0.3) is 0 Å². The monoisotopic (exact) mass is 241 g/mol. The fourth-order valence-electron chi connectivity index (χ4n) is 2.93. The number of hydrogen-bond acceptors (Lipinski definition) is 4. The molecule has 1 aliphatic rings. The lowest BCUT2D eigenvalue weighted by Crippen LogP contribution is -2.30. The van der Waals surface area contributed by atoms with Crippen molar-refractivity contribution in [2.24, 2.45) is 23.0 Å². The standard InChI is InChI=1S/C11H19N3OS/c1-7-3-11(6-12,4-8(7)2)5-9-13-10(16)15-14-9/h7-8H,3-6,12H2,1-2H3,(H,13,14,16). The summed E-state index contributed by atoms with van der Waals surface area (Å²) in [5, 5.41) is 3.93. The summed E-state index contributed by atoms with van der Waals surface area (Å²) in [4.78, 5) is 3.32. The molecule has 1 aromatic heterocycles. The van der Waals surface area contributed by atoms with E-state index in [2.05, 4.69) is 24.0 Å². The molecule has 0 aromatic carbocycles. The van der Waals surface area contributed by atoms with Crippen LogP contribution in [-0.2, 0) is 6.42 Å². The Morgan fingerprint density at radius 1 is 1.50 bits per heavy atom. The van der Waals surface area contributed by atoms with Crippen molar-refractivity contribution in [1.82, 2.24) is 10.1 Å². The minimum atomic E-state index is 0.175. The molecule has 1 aliphatic carbocycles. The zero-order chi connectivity index (χ0) is 11.8. The summed E-state index contributed by atoms with van der Waals surface area (Å²) >= 11 is 4.88. The van der Waals surface area contributed by atoms with E-state index in [1.54, 1.807) is 0 Å². The molecule has 0 radical (unpaired) electrons. The van der Waals surface area contributed by atoms with E-state index in [1.807, 2.05) is 0 Å². The Hall–Kier alpha value is -0.680. The van der Waals surface area contributed by atoms with Gasteiger partial charge in [0.05, 0.1) is 0 Å². The number of aromatic amines is 1. The zero-order valence-electron chi connectivity index (χ0n) is 9.82. The van der Waals surface area contributed by atoms with Crippen LogP contribution in [0.4, 0.5) is 0 Å². The average molecular weight is 241 g/mol. The highest BCUT2D eigenvalue weighted by Gasteiger charge is 2.41. The van der Waals surface area contributed by atoms with E-state index >= 15 is 0 Å². The maximum atomic E-state index is 5.95. The van der Waals surface area contributed by atoms with E-state index in [1.165, 1.54) is 0 Å². The van der Waals surface area contributed by atoms with Crippen LogP contribution >= 0.6 is 12.2 Å². The first-order chi connectivity index (χ1) is 7.54. The van der Waals surface area contributed by atoms with Crippen LogP contribution in [-0.4, -0.2) is 16.7 Å². The van der Waals surface area contributed by atoms with Gasteiger partial charge in [-0.2, -0.15) is 0 Å². The van der Waals surface area contributed by atoms with Gasteiger partial charge in [-0.15, -0.1) is 0 Å². The molecule has 1 aromatic rings. The van der Waals surface area contributed by atoms with E-state index in [0.717, 1.165) is 36.9 Å². The van der Waals surface area contributed by atoms with Gasteiger partial charge in [0.2, 0.25) is 0 Å². The number of nitrogens with two attached hydrogens (primary N) is 1. The molecule has 0 spiro atoms. The molecule has 0 saturated heterocycles. The highest BCUT2D eigenvalue weighted by Crippen LogP contribution is 2.46. The summed E-state index contributed by atoms with van der Waals surface area (Å²) in [6, 6.07) is 0. The molecule has 16 heavy (non-hydrogen) atoms. The molecule has 2 unspecified atom stereocenters. The molecule has 4 nitrogen and oxygen atoms in total. The minimum absolute atomic E-state index is 0.175. The van der Waals surface area contributed by atoms with Crippen molar-refractivity contribution in [3.8, 4) is 0 Å². The highest BCUT2D eigenvalue weighted by atomic mass is 32.1. The van der Waals surface area contributed by atoms with Crippen molar-refractivity contribution in [1.29, 1.82) is 0 Å². The van der Waals surface area contributed by atoms with Gasteiger partial charge in [0.25, 0.3) is 4.84 Å². The largest absolute Gasteiger partial charge is 0.330 e. The van der Waals surface area contributed by atoms with Crippen LogP contribution in [0.15, 0.2) is 4.52 Å². The zero-order valence-corrected chi connectivity index (χ0v) is 10.6. The van der Waals surface area contributed by atoms with E-state index in [4.69, 9.17) is 22.5 Å². The van der Waals surface area contributed by atoms with Crippen molar-refractivity contribution in [2.75, 3.05) is 6.54 Å². The predicted octanol–water partition coefficient (Wildman–Crippen LogP) is 2.29. The third-order valence-electron chi connectivity index (χ3n) is 3.94. The van der Waals surface area contributed by atoms with Gasteiger partial charge in [0, 0.05) is 6.42 Å². The number of nitrogens with one attached hydrogen (secondary N) is 1. The van der Waals surface area contributed by atoms with Crippen molar-refractivity contribution >= 4 is 12.2 Å². The number of aromatic nitrogens is 2. The third kappa shape index (κ3) is 2.20. The molecule has 2 rings (SSSR count). The number of hydrogen-bond donors (Lipinski definition) is 2. The van der Waals surface area contributed by atoms with Gasteiger partial charge in [-0.25, -0.2) is 0 Å². The van der Waals surface area contributed by atoms with E-state index in [0.29, 0.717) is 11.4 Å². The van der Waals surface area contributed by atoms with E-state index < -0.39 is 0 Å². The molecule has 1 heterocycles. The van der Waals surface area contributed by atoms with Crippen molar-refractivity contribution in [2.45, 2.75) is 33.1 Å². The molecule has 3 N–H and O–H groups in total. The smallest absolute Gasteiger partial charge is 0.294 e. The van der Waals surface area contributed by atoms with Gasteiger partial charge in [-0.1, -0.05) is 19.0 Å². The third-order valence-corrected chi connectivity index (χ3v) is 4.12. The lowest BCUT2D eigenvalue weighted by Gasteiger charge is -2.26. The van der Waals surface area contributed by atoms with Crippen molar-refractivity contribution in [3.05, 3.63) is 10.7 Å². The molecule has 0 bridgehead atoms. The maximum Gasteiger partial charge on any atom is 0.294 e. The van der Waals surface area contributed by atoms with Crippen LogP contribution in [0.5, 0.6) is 0 Å². The molecule has 90 valence electrons. The predicted molar refractivity (Wildman–Crippen MR) is 64.4 cm³/mol. The molecular weight excluding hydrogens is 222 g/mol. The minimum Gasteiger partial charge on any atom is -0.330 e. The van der Waals surface area contributed by atoms with Gasteiger partial charge in [0.1, 0.15) is 0 Å². The Morgan fingerprint density at radius 2 is 2.12 bits per heavy atom. The molecular formula is C11H19N3OS. The quantitative estimate of drug-likeness (QED) is 0.797. The van der Waals surface area contributed by atoms with Crippen LogP contribution < -0.4 is 5.73 Å². The van der Waals surface area contributed by atoms with Crippen LogP contribution in [0.3, 0.4) is 0 Å². The second-order valence-corrected chi connectivity index (χ2v) is 5.66. The molecule has 1 saturated carbocycles. The lowest BCUT2D eigenvalue weighted by molar-refractivity contribution is 0.279. The molecule has 0 aliphatic heterocycles. The van der Waals surface area contributed by atoms with Gasteiger partial charge < -0.3 is 10.3 Å². The Morgan fingerprint density at radius 3 is 2.56 bits per heavy atom. The average Bonchev–Trinajstić information content (AvgIpc) is 2.74. The molecule has 1 fully saturated rings. The summed E-state index contributed by atoms with van der Waals surface area (Å²) in [5.41, 5.74) is 6.12. The molecule has 0 amide bonds. The van der Waals surface area contributed by atoms with Gasteiger partial charge in [-0.05, 0) is 48.9 Å². The normalized spacial score (nSPS) is 34.4. The first-order valence-electron chi connectivity index (χ1n) is 5.79. The number of H-pyrrole nitrogens is 1. The second-order valence-electron chi connectivity index (χ2n) is 5.29. The van der Waals surface area contributed by atoms with E-state index in [-0.39, 0.29) is 5.41 Å². The summed E-state index contributed by atoms with van der Waals surface area (Å²) in [6.07, 6.45) is 3.18. The van der Waals surface area contributed by atoms with Crippen molar-refractivity contribution < 1.29 is 4.52 Å². The fraction of sp³-hybridized carbons (Fsp3) is 0.818. The maximum absolute atomic E-state index is 5.95. The SMILES string of the molecule is CC1CC(CN)(Cc2noc(=S)[nH]2)CC1C. The van der Waals surface area contributed by atoms with Crippen LogP contribution in [0.1, 0.15) is 32.5 Å². The summed E-state index contributed by atoms with van der Waals surface area (Å²) in [7, 11) is 0. The Labute approximate surface area is 101 Å². The van der Waals surface area contributed by atoms with E-state index in [9.17, 15) is 0 Å². The van der Waals surface area contributed by atoms with Gasteiger partial charge in [0.15, 0.2) is 5.82 Å².